The highest BCUT2D eigenvalue weighted by Gasteiger charge is 2.25. The van der Waals surface area contributed by atoms with Gasteiger partial charge in [-0.3, -0.25) is 19.7 Å². The molecule has 16 heteroatoms. The van der Waals surface area contributed by atoms with E-state index in [-0.39, 0.29) is 26.7 Å². The van der Waals surface area contributed by atoms with E-state index < -0.39 is 11.6 Å². The summed E-state index contributed by atoms with van der Waals surface area (Å²) < 4.78 is 34.9. The molecule has 0 atom stereocenters. The second-order valence-electron chi connectivity index (χ2n) is 13.9. The molecule has 0 spiro atoms. The van der Waals surface area contributed by atoms with Gasteiger partial charge in [0.2, 0.25) is 0 Å². The third kappa shape index (κ3) is 6.92. The van der Waals surface area contributed by atoms with Crippen molar-refractivity contribution >= 4 is 68.1 Å². The normalized spacial score (nSPS) is 11.4. The van der Waals surface area contributed by atoms with Crippen LogP contribution in [0.15, 0.2) is 135 Å². The SMILES string of the molecule is Cn1ccc(Nc2ncnc3c(-c4ccc(Cl)c(-c5ncccc5-c5ccc6ncnc(Nc7cn[nH]c7)c6c5)c4F)cc(-c4cccnc4-c4c(F)cccc4Cl)cc23)n1. The molecule has 0 aliphatic heterocycles. The number of hydrogen-bond acceptors (Lipinski definition) is 10. The van der Waals surface area contributed by atoms with E-state index in [0.29, 0.717) is 67.5 Å². The van der Waals surface area contributed by atoms with E-state index >= 15 is 8.78 Å². The molecule has 4 aromatic carbocycles. The van der Waals surface area contributed by atoms with Crippen LogP contribution in [0.5, 0.6) is 0 Å². The van der Waals surface area contributed by atoms with Gasteiger partial charge in [-0.15, -0.1) is 0 Å². The molecule has 0 unspecified atom stereocenters. The number of aryl methyl sites for hydroxylation is 1. The van der Waals surface area contributed by atoms with E-state index in [1.807, 2.05) is 30.3 Å². The van der Waals surface area contributed by atoms with E-state index in [1.165, 1.54) is 24.8 Å². The van der Waals surface area contributed by atoms with Crippen molar-refractivity contribution < 1.29 is 8.78 Å². The molecule has 61 heavy (non-hydrogen) atoms. The number of pyridine rings is 2. The maximum Gasteiger partial charge on any atom is 0.153 e. The van der Waals surface area contributed by atoms with Gasteiger partial charge in [0.15, 0.2) is 5.82 Å². The summed E-state index contributed by atoms with van der Waals surface area (Å²) >= 11 is 13.5. The Bertz CT molecular complexity index is 3280. The lowest BCUT2D eigenvalue weighted by Gasteiger charge is -2.18. The van der Waals surface area contributed by atoms with Crippen molar-refractivity contribution in [2.24, 2.45) is 7.05 Å². The Morgan fingerprint density at radius 1 is 0.639 bits per heavy atom. The Balaban J connectivity index is 1.17. The number of H-pyrrole nitrogens is 1. The quantitative estimate of drug-likeness (QED) is 0.128. The van der Waals surface area contributed by atoms with Gasteiger partial charge in [-0.25, -0.2) is 28.7 Å². The summed E-state index contributed by atoms with van der Waals surface area (Å²) in [7, 11) is 1.80. The van der Waals surface area contributed by atoms with E-state index in [4.69, 9.17) is 33.2 Å². The van der Waals surface area contributed by atoms with Crippen LogP contribution in [-0.2, 0) is 7.05 Å². The highest BCUT2D eigenvalue weighted by atomic mass is 35.5. The molecule has 0 fully saturated rings. The number of anilines is 4. The minimum atomic E-state index is -0.640. The first-order valence-electron chi connectivity index (χ1n) is 18.7. The fourth-order valence-electron chi connectivity index (χ4n) is 7.39. The molecule has 0 aliphatic rings. The van der Waals surface area contributed by atoms with Crippen LogP contribution in [0, 0.1) is 11.6 Å². The maximum absolute atomic E-state index is 17.8. The number of aromatic amines is 1. The van der Waals surface area contributed by atoms with Crippen LogP contribution >= 0.6 is 23.2 Å². The number of nitrogens with one attached hydrogen (secondary N) is 3. The van der Waals surface area contributed by atoms with E-state index in [1.54, 1.807) is 91.2 Å². The fraction of sp³-hybridized carbons (Fsp3) is 0.0222. The molecule has 12 nitrogen and oxygen atoms in total. The van der Waals surface area contributed by atoms with Crippen LogP contribution in [0.2, 0.25) is 10.0 Å². The highest BCUT2D eigenvalue weighted by molar-refractivity contribution is 6.34. The van der Waals surface area contributed by atoms with Crippen molar-refractivity contribution in [1.82, 2.24) is 49.9 Å². The molecular weight excluding hydrogens is 817 g/mol. The topological polar surface area (TPSA) is 148 Å². The maximum atomic E-state index is 17.8. The predicted molar refractivity (Wildman–Crippen MR) is 234 cm³/mol. The monoisotopic (exact) mass is 844 g/mol. The van der Waals surface area contributed by atoms with Crippen molar-refractivity contribution in [2.75, 3.05) is 10.6 Å². The summed E-state index contributed by atoms with van der Waals surface area (Å²) in [5.74, 6) is 0.313. The largest absolute Gasteiger partial charge is 0.337 e. The van der Waals surface area contributed by atoms with E-state index in [9.17, 15) is 0 Å². The standard InChI is InChI=1S/C45H28Cl2F2N12/c1-61-16-13-37(60-61)59-45-32-19-25(28-6-4-14-50-42(28)38-33(46)7-2-8-35(38)48)18-30(41(32)53-23-55-45)29-10-11-34(47)39(40(29)49)43-27(5-3-15-51-43)24-9-12-36-31(17-24)44(54-22-52-36)58-26-20-56-57-21-26/h2-23H,1H3,(H,56,57)(H,52,54,58)(H,53,55,59,60). The van der Waals surface area contributed by atoms with Gasteiger partial charge in [0, 0.05) is 70.9 Å². The van der Waals surface area contributed by atoms with Gasteiger partial charge in [0.05, 0.1) is 55.5 Å². The van der Waals surface area contributed by atoms with E-state index in [2.05, 4.69) is 45.9 Å². The molecule has 6 aromatic heterocycles. The molecule has 6 heterocycles. The molecule has 0 saturated carbocycles. The first-order chi connectivity index (χ1) is 29.8. The molecule has 0 radical (unpaired) electrons. The van der Waals surface area contributed by atoms with Crippen molar-refractivity contribution in [1.29, 1.82) is 0 Å². The molecule has 0 saturated heterocycles. The van der Waals surface area contributed by atoms with Crippen LogP contribution in [0.3, 0.4) is 0 Å². The molecule has 3 N–H and O–H groups in total. The van der Waals surface area contributed by atoms with Crippen LogP contribution in [-0.4, -0.2) is 49.9 Å². The summed E-state index contributed by atoms with van der Waals surface area (Å²) in [5, 5.41) is 19.4. The zero-order valence-corrected chi connectivity index (χ0v) is 33.3. The summed E-state index contributed by atoms with van der Waals surface area (Å²) in [6.07, 6.45) is 11.2. The third-order valence-corrected chi connectivity index (χ3v) is 10.8. The zero-order valence-electron chi connectivity index (χ0n) is 31.7. The van der Waals surface area contributed by atoms with Gasteiger partial charge < -0.3 is 10.6 Å². The summed E-state index contributed by atoms with van der Waals surface area (Å²) in [5.41, 5.74) is 5.68. The van der Waals surface area contributed by atoms with Crippen LogP contribution < -0.4 is 10.6 Å². The number of halogens is 4. The number of benzene rings is 4. The third-order valence-electron chi connectivity index (χ3n) is 10.2. The molecule has 10 rings (SSSR count). The summed E-state index contributed by atoms with van der Waals surface area (Å²) in [6.45, 7) is 0. The zero-order chi connectivity index (χ0) is 41.6. The average Bonchev–Trinajstić information content (AvgIpc) is 3.95. The molecule has 10 aromatic rings. The number of aromatic nitrogens is 10. The second kappa shape index (κ2) is 15.5. The molecule has 0 amide bonds. The van der Waals surface area contributed by atoms with Crippen molar-refractivity contribution in [2.45, 2.75) is 0 Å². The van der Waals surface area contributed by atoms with Gasteiger partial charge in [-0.2, -0.15) is 10.2 Å². The Morgan fingerprint density at radius 3 is 2.13 bits per heavy atom. The second-order valence-corrected chi connectivity index (χ2v) is 14.7. The first kappa shape index (κ1) is 37.6. The molecular formula is C45H28Cl2F2N12. The molecule has 0 bridgehead atoms. The van der Waals surface area contributed by atoms with Crippen molar-refractivity contribution in [3.8, 4) is 55.9 Å². The Morgan fingerprint density at radius 2 is 1.38 bits per heavy atom. The predicted octanol–water partition coefficient (Wildman–Crippen LogP) is 11.2. The van der Waals surface area contributed by atoms with Gasteiger partial charge in [0.1, 0.15) is 35.9 Å². The Hall–Kier alpha value is -7.68. The molecule has 0 aliphatic carbocycles. The van der Waals surface area contributed by atoms with Gasteiger partial charge in [-0.05, 0) is 71.8 Å². The van der Waals surface area contributed by atoms with Crippen molar-refractivity contribution in [3.63, 3.8) is 0 Å². The smallest absolute Gasteiger partial charge is 0.153 e. The Kier molecular flexibility index (Phi) is 9.54. The van der Waals surface area contributed by atoms with Crippen molar-refractivity contribution in [3.05, 3.63) is 156 Å². The lowest BCUT2D eigenvalue weighted by Crippen LogP contribution is -2.01. The number of hydrogen-bond donors (Lipinski definition) is 3. The Labute approximate surface area is 355 Å². The average molecular weight is 846 g/mol. The minimum Gasteiger partial charge on any atom is -0.337 e. The van der Waals surface area contributed by atoms with Crippen LogP contribution in [0.4, 0.5) is 31.9 Å². The number of fused-ring (bicyclic) bond motifs is 2. The van der Waals surface area contributed by atoms with Gasteiger partial charge in [0.25, 0.3) is 0 Å². The highest BCUT2D eigenvalue weighted by Crippen LogP contribution is 2.45. The van der Waals surface area contributed by atoms with Crippen LogP contribution in [0.25, 0.3) is 77.7 Å². The first-order valence-corrected chi connectivity index (χ1v) is 19.5. The molecule has 296 valence electrons. The number of rotatable bonds is 9. The summed E-state index contributed by atoms with van der Waals surface area (Å²) in [6, 6.07) is 26.0. The lowest BCUT2D eigenvalue weighted by molar-refractivity contribution is 0.631. The van der Waals surface area contributed by atoms with E-state index in [0.717, 1.165) is 16.6 Å². The van der Waals surface area contributed by atoms with Gasteiger partial charge >= 0.3 is 0 Å². The van der Waals surface area contributed by atoms with Crippen LogP contribution in [0.1, 0.15) is 0 Å². The lowest BCUT2D eigenvalue weighted by atomic mass is 9.91. The van der Waals surface area contributed by atoms with Gasteiger partial charge in [-0.1, -0.05) is 47.5 Å². The fourth-order valence-corrected chi connectivity index (χ4v) is 7.88. The minimum absolute atomic E-state index is 0.0792. The number of nitrogens with zero attached hydrogens (tertiary/aromatic N) is 9. The summed E-state index contributed by atoms with van der Waals surface area (Å²) in [4.78, 5) is 27.5.